The largest absolute Gasteiger partial charge is 0.345 e. The smallest absolute Gasteiger partial charge is 0.310 e. The zero-order valence-corrected chi connectivity index (χ0v) is 15.5. The summed E-state index contributed by atoms with van der Waals surface area (Å²) < 4.78 is 4.82. The number of nitrogens with one attached hydrogen (secondary N) is 3. The highest BCUT2D eigenvalue weighted by atomic mass is 32.1. The van der Waals surface area contributed by atoms with Gasteiger partial charge in [-0.1, -0.05) is 0 Å². The Hall–Kier alpha value is -1.11. The number of carbonyl (C=O) groups is 2. The van der Waals surface area contributed by atoms with E-state index in [1.807, 2.05) is 0 Å². The van der Waals surface area contributed by atoms with Crippen LogP contribution in [0.15, 0.2) is 0 Å². The predicted octanol–water partition coefficient (Wildman–Crippen LogP) is -1.33. The second-order valence-corrected chi connectivity index (χ2v) is 7.50. The minimum absolute atomic E-state index is 0.0373. The summed E-state index contributed by atoms with van der Waals surface area (Å²) in [5, 5.41) is 8.01. The summed E-state index contributed by atoms with van der Waals surface area (Å²) in [5.41, 5.74) is 2.52. The van der Waals surface area contributed by atoms with E-state index in [0.717, 1.165) is 32.7 Å². The molecule has 0 radical (unpaired) electrons. The van der Waals surface area contributed by atoms with Crippen LogP contribution >= 0.6 is 12.9 Å². The van der Waals surface area contributed by atoms with Gasteiger partial charge in [-0.15, -0.1) is 0 Å². The lowest BCUT2D eigenvalue weighted by atomic mass is 10.0. The van der Waals surface area contributed by atoms with Crippen LogP contribution in [0.3, 0.4) is 0 Å². The molecule has 10 nitrogen and oxygen atoms in total. The lowest BCUT2D eigenvalue weighted by Crippen LogP contribution is -2.50. The third-order valence-corrected chi connectivity index (χ3v) is 5.95. The van der Waals surface area contributed by atoms with E-state index in [1.54, 1.807) is 0 Å². The van der Waals surface area contributed by atoms with Gasteiger partial charge in [-0.25, -0.2) is 14.6 Å². The van der Waals surface area contributed by atoms with E-state index in [-0.39, 0.29) is 24.0 Å². The van der Waals surface area contributed by atoms with Gasteiger partial charge >= 0.3 is 6.03 Å². The van der Waals surface area contributed by atoms with Gasteiger partial charge in [-0.05, 0) is 19.3 Å². The summed E-state index contributed by atoms with van der Waals surface area (Å²) in [5.74, 6) is -0.281. The van der Waals surface area contributed by atoms with Gasteiger partial charge in [0.15, 0.2) is 0 Å². The SMILES string of the molecule is O=C(NOC[C@@H]1C[C@H](N2CCNC2)CN1)C1CCC2CN1C(=O)N2OS. The van der Waals surface area contributed by atoms with Gasteiger partial charge in [0.2, 0.25) is 0 Å². The molecule has 0 aromatic heterocycles. The van der Waals surface area contributed by atoms with E-state index in [4.69, 9.17) is 9.12 Å². The van der Waals surface area contributed by atoms with Gasteiger partial charge in [0.05, 0.1) is 12.6 Å². The quantitative estimate of drug-likeness (QED) is 0.255. The Balaban J connectivity index is 1.21. The van der Waals surface area contributed by atoms with Crippen LogP contribution in [0.1, 0.15) is 19.3 Å². The fraction of sp³-hybridized carbons (Fsp3) is 0.867. The molecule has 4 aliphatic rings. The molecule has 4 heterocycles. The number of hydrogen-bond donors (Lipinski definition) is 4. The van der Waals surface area contributed by atoms with E-state index >= 15 is 0 Å². The minimum atomic E-state index is -0.521. The average Bonchev–Trinajstić information content (AvgIpc) is 3.37. The number of piperidine rings is 1. The Bertz CT molecular complexity index is 548. The minimum Gasteiger partial charge on any atom is -0.310 e. The molecule has 26 heavy (non-hydrogen) atoms. The highest BCUT2D eigenvalue weighted by molar-refractivity contribution is 7.75. The normalized spacial score (nSPS) is 34.7. The summed E-state index contributed by atoms with van der Waals surface area (Å²) in [6.07, 6.45) is 2.29. The molecule has 0 aliphatic carbocycles. The first-order valence-corrected chi connectivity index (χ1v) is 9.55. The van der Waals surface area contributed by atoms with Crippen molar-refractivity contribution in [1.29, 1.82) is 0 Å². The molecule has 3 amide bonds. The first-order valence-electron chi connectivity index (χ1n) is 9.18. The molecular weight excluding hydrogens is 360 g/mol. The van der Waals surface area contributed by atoms with Crippen molar-refractivity contribution in [3.8, 4) is 0 Å². The molecule has 4 rings (SSSR count). The number of rotatable bonds is 6. The molecule has 0 saturated carbocycles. The number of thiol groups is 1. The average molecular weight is 386 g/mol. The van der Waals surface area contributed by atoms with Gasteiger partial charge in [0.25, 0.3) is 5.91 Å². The van der Waals surface area contributed by atoms with Crippen LogP contribution in [0.2, 0.25) is 0 Å². The lowest BCUT2D eigenvalue weighted by Gasteiger charge is -2.29. The van der Waals surface area contributed by atoms with Crippen molar-refractivity contribution in [1.82, 2.24) is 31.0 Å². The van der Waals surface area contributed by atoms with Crippen molar-refractivity contribution in [2.45, 2.75) is 43.4 Å². The van der Waals surface area contributed by atoms with Gasteiger partial charge < -0.3 is 15.5 Å². The molecule has 146 valence electrons. The van der Waals surface area contributed by atoms with Crippen LogP contribution in [-0.4, -0.2) is 90.4 Å². The number of nitrogens with zero attached hydrogens (tertiary/aromatic N) is 3. The Labute approximate surface area is 158 Å². The van der Waals surface area contributed by atoms with Crippen LogP contribution in [0.25, 0.3) is 0 Å². The topological polar surface area (TPSA) is 98.4 Å². The number of carbonyl (C=O) groups excluding carboxylic acids is 2. The highest BCUT2D eigenvalue weighted by Gasteiger charge is 2.48. The van der Waals surface area contributed by atoms with Crippen molar-refractivity contribution in [3.05, 3.63) is 0 Å². The second-order valence-electron chi connectivity index (χ2n) is 7.33. The van der Waals surface area contributed by atoms with E-state index in [1.165, 1.54) is 9.96 Å². The zero-order valence-electron chi connectivity index (χ0n) is 14.6. The Morgan fingerprint density at radius 1 is 1.35 bits per heavy atom. The van der Waals surface area contributed by atoms with Crippen LogP contribution in [0.4, 0.5) is 4.79 Å². The maximum absolute atomic E-state index is 12.4. The van der Waals surface area contributed by atoms with Crippen LogP contribution in [-0.2, 0) is 13.9 Å². The number of hydrogen-bond acceptors (Lipinski definition) is 8. The molecule has 4 atom stereocenters. The van der Waals surface area contributed by atoms with E-state index in [0.29, 0.717) is 32.0 Å². The molecule has 0 aromatic rings. The molecule has 11 heteroatoms. The summed E-state index contributed by atoms with van der Waals surface area (Å²) >= 11 is 3.72. The zero-order chi connectivity index (χ0) is 18.1. The van der Waals surface area contributed by atoms with Crippen molar-refractivity contribution >= 4 is 24.8 Å². The second kappa shape index (κ2) is 7.87. The van der Waals surface area contributed by atoms with E-state index in [9.17, 15) is 9.59 Å². The number of urea groups is 1. The number of hydroxylamine groups is 3. The summed E-state index contributed by atoms with van der Waals surface area (Å²) in [7, 11) is 0. The van der Waals surface area contributed by atoms with Crippen LogP contribution in [0.5, 0.6) is 0 Å². The fourth-order valence-electron chi connectivity index (χ4n) is 4.33. The van der Waals surface area contributed by atoms with Crippen molar-refractivity contribution in [3.63, 3.8) is 0 Å². The van der Waals surface area contributed by atoms with E-state index < -0.39 is 6.04 Å². The first-order chi connectivity index (χ1) is 12.7. The first kappa shape index (κ1) is 18.3. The fourth-order valence-corrected chi connectivity index (χ4v) is 4.54. The van der Waals surface area contributed by atoms with Gasteiger partial charge in [-0.3, -0.25) is 14.5 Å². The molecule has 0 spiro atoms. The highest BCUT2D eigenvalue weighted by Crippen LogP contribution is 2.30. The number of amides is 3. The van der Waals surface area contributed by atoms with Crippen molar-refractivity contribution in [2.75, 3.05) is 39.5 Å². The molecule has 4 saturated heterocycles. The molecule has 4 fully saturated rings. The number of fused-ring (bicyclic) bond motifs is 2. The summed E-state index contributed by atoms with van der Waals surface area (Å²) in [6.45, 7) is 4.90. The van der Waals surface area contributed by atoms with E-state index in [2.05, 4.69) is 33.9 Å². The Morgan fingerprint density at radius 2 is 2.23 bits per heavy atom. The monoisotopic (exact) mass is 386 g/mol. The molecular formula is C15H26N6O4S. The van der Waals surface area contributed by atoms with Crippen LogP contribution in [0, 0.1) is 0 Å². The third kappa shape index (κ3) is 3.51. The molecule has 2 bridgehead atoms. The third-order valence-electron chi connectivity index (χ3n) is 5.78. The predicted molar refractivity (Wildman–Crippen MR) is 94.7 cm³/mol. The van der Waals surface area contributed by atoms with Gasteiger partial charge in [0, 0.05) is 57.8 Å². The lowest BCUT2D eigenvalue weighted by molar-refractivity contribution is -0.139. The molecule has 3 N–H and O–H groups in total. The Morgan fingerprint density at radius 3 is 3.00 bits per heavy atom. The van der Waals surface area contributed by atoms with Crippen molar-refractivity contribution < 1.29 is 18.7 Å². The molecule has 4 aliphatic heterocycles. The van der Waals surface area contributed by atoms with Gasteiger partial charge in [-0.2, -0.15) is 5.06 Å². The maximum atomic E-state index is 12.4. The van der Waals surface area contributed by atoms with Crippen LogP contribution < -0.4 is 16.1 Å². The van der Waals surface area contributed by atoms with Crippen molar-refractivity contribution in [2.24, 2.45) is 0 Å². The Kier molecular flexibility index (Phi) is 5.53. The summed E-state index contributed by atoms with van der Waals surface area (Å²) in [4.78, 5) is 34.0. The van der Waals surface area contributed by atoms with Gasteiger partial charge in [0.1, 0.15) is 6.04 Å². The summed E-state index contributed by atoms with van der Waals surface area (Å²) in [6, 6.07) is -0.142. The standard InChI is InChI=1S/C15H26N6O4S/c22-14(13-2-1-11-7-20(13)15(23)21(11)25-26)18-24-8-10-5-12(6-17-10)19-4-3-16-9-19/h10-13,16-17,26H,1-9H2,(H,18,22)/t10-,11?,12-,13?/m0/s1. The molecule has 0 aromatic carbocycles. The molecule has 2 unspecified atom stereocenters. The maximum Gasteiger partial charge on any atom is 0.345 e.